The maximum atomic E-state index is 3.55. The molecule has 1 aromatic carbocycles. The lowest BCUT2D eigenvalue weighted by Crippen LogP contribution is -1.80. The largest absolute Gasteiger partial charge is 0.152 e. The predicted molar refractivity (Wildman–Crippen MR) is 73.5 cm³/mol. The standard InChI is InChI=1S/C12H11BrS2/c13-11-6-7-15-12(11)9-14-8-10-4-2-1-3-5-10/h1-7H,8-9H2. The highest BCUT2D eigenvalue weighted by Gasteiger charge is 2.01. The first-order valence-corrected chi connectivity index (χ1v) is 7.52. The topological polar surface area (TPSA) is 0 Å². The number of thiophene rings is 1. The summed E-state index contributed by atoms with van der Waals surface area (Å²) in [4.78, 5) is 1.43. The lowest BCUT2D eigenvalue weighted by molar-refractivity contribution is 1.39. The molecule has 0 radical (unpaired) electrons. The average Bonchev–Trinajstić information content (AvgIpc) is 2.66. The Labute approximate surface area is 107 Å². The summed E-state index contributed by atoms with van der Waals surface area (Å²) >= 11 is 7.33. The van der Waals surface area contributed by atoms with Crippen LogP contribution in [0.15, 0.2) is 46.3 Å². The zero-order chi connectivity index (χ0) is 10.5. The molecular weight excluding hydrogens is 288 g/mol. The summed E-state index contributed by atoms with van der Waals surface area (Å²) in [6.45, 7) is 0. The normalized spacial score (nSPS) is 10.5. The lowest BCUT2D eigenvalue weighted by Gasteiger charge is -2.00. The third kappa shape index (κ3) is 3.37. The quantitative estimate of drug-likeness (QED) is 0.770. The van der Waals surface area contributed by atoms with Crippen LogP contribution >= 0.6 is 39.0 Å². The Bertz CT molecular complexity index is 409. The van der Waals surface area contributed by atoms with Crippen LogP contribution in [0.25, 0.3) is 0 Å². The highest BCUT2D eigenvalue weighted by Crippen LogP contribution is 2.28. The fourth-order valence-electron chi connectivity index (χ4n) is 1.26. The Morgan fingerprint density at radius 3 is 2.53 bits per heavy atom. The number of rotatable bonds is 4. The minimum atomic E-state index is 1.09. The number of halogens is 1. The van der Waals surface area contributed by atoms with Gasteiger partial charge in [0.15, 0.2) is 0 Å². The number of thioether (sulfide) groups is 1. The summed E-state index contributed by atoms with van der Waals surface area (Å²) in [5.41, 5.74) is 1.40. The first-order chi connectivity index (χ1) is 7.36. The third-order valence-electron chi connectivity index (χ3n) is 2.04. The molecule has 1 heterocycles. The van der Waals surface area contributed by atoms with Crippen molar-refractivity contribution in [3.63, 3.8) is 0 Å². The van der Waals surface area contributed by atoms with Crippen LogP contribution in [0.2, 0.25) is 0 Å². The molecule has 2 rings (SSSR count). The van der Waals surface area contributed by atoms with Gasteiger partial charge < -0.3 is 0 Å². The lowest BCUT2D eigenvalue weighted by atomic mass is 10.2. The van der Waals surface area contributed by atoms with Crippen molar-refractivity contribution in [3.05, 3.63) is 56.7 Å². The molecule has 78 valence electrons. The molecular formula is C12H11BrS2. The van der Waals surface area contributed by atoms with Gasteiger partial charge in [0.25, 0.3) is 0 Å². The Morgan fingerprint density at radius 1 is 1.07 bits per heavy atom. The summed E-state index contributed by atoms with van der Waals surface area (Å²) in [5, 5.41) is 2.13. The van der Waals surface area contributed by atoms with E-state index in [2.05, 4.69) is 57.7 Å². The van der Waals surface area contributed by atoms with E-state index in [1.165, 1.54) is 14.9 Å². The van der Waals surface area contributed by atoms with E-state index in [4.69, 9.17) is 0 Å². The second kappa shape index (κ2) is 5.73. The van der Waals surface area contributed by atoms with E-state index >= 15 is 0 Å². The molecule has 0 N–H and O–H groups in total. The van der Waals surface area contributed by atoms with Gasteiger partial charge in [-0.3, -0.25) is 0 Å². The van der Waals surface area contributed by atoms with Gasteiger partial charge in [-0.1, -0.05) is 30.3 Å². The summed E-state index contributed by atoms with van der Waals surface area (Å²) in [5.74, 6) is 2.18. The zero-order valence-corrected chi connectivity index (χ0v) is 11.4. The minimum Gasteiger partial charge on any atom is -0.152 e. The maximum Gasteiger partial charge on any atom is 0.0322 e. The zero-order valence-electron chi connectivity index (χ0n) is 8.15. The monoisotopic (exact) mass is 298 g/mol. The summed E-state index contributed by atoms with van der Waals surface area (Å²) in [6, 6.07) is 12.7. The maximum absolute atomic E-state index is 3.55. The van der Waals surface area contributed by atoms with Crippen molar-refractivity contribution in [1.29, 1.82) is 0 Å². The smallest absolute Gasteiger partial charge is 0.0322 e. The van der Waals surface area contributed by atoms with Crippen LogP contribution in [0.5, 0.6) is 0 Å². The SMILES string of the molecule is Brc1ccsc1CSCc1ccccc1. The molecule has 0 bridgehead atoms. The number of hydrogen-bond donors (Lipinski definition) is 0. The summed E-state index contributed by atoms with van der Waals surface area (Å²) < 4.78 is 1.24. The molecule has 0 spiro atoms. The second-order valence-corrected chi connectivity index (χ2v) is 6.01. The van der Waals surface area contributed by atoms with Crippen molar-refractivity contribution < 1.29 is 0 Å². The van der Waals surface area contributed by atoms with Crippen LogP contribution in [0.3, 0.4) is 0 Å². The van der Waals surface area contributed by atoms with Gasteiger partial charge in [-0.25, -0.2) is 0 Å². The van der Waals surface area contributed by atoms with Gasteiger partial charge in [-0.15, -0.1) is 11.3 Å². The summed E-state index contributed by atoms with van der Waals surface area (Å²) in [6.07, 6.45) is 0. The van der Waals surface area contributed by atoms with Crippen LogP contribution in [-0.4, -0.2) is 0 Å². The molecule has 0 aliphatic rings. The highest BCUT2D eigenvalue weighted by atomic mass is 79.9. The van der Waals surface area contributed by atoms with Gasteiger partial charge in [-0.05, 0) is 32.9 Å². The molecule has 2 aromatic rings. The average molecular weight is 299 g/mol. The van der Waals surface area contributed by atoms with Gasteiger partial charge >= 0.3 is 0 Å². The van der Waals surface area contributed by atoms with Gasteiger partial charge in [-0.2, -0.15) is 11.8 Å². The first-order valence-electron chi connectivity index (χ1n) is 4.70. The van der Waals surface area contributed by atoms with Gasteiger partial charge in [0.2, 0.25) is 0 Å². The third-order valence-corrected chi connectivity index (χ3v) is 5.18. The predicted octanol–water partition coefficient (Wildman–Crippen LogP) is 4.94. The van der Waals surface area contributed by atoms with Crippen LogP contribution < -0.4 is 0 Å². The molecule has 0 unspecified atom stereocenters. The Hall–Kier alpha value is -0.250. The van der Waals surface area contributed by atoms with Crippen molar-refractivity contribution in [3.8, 4) is 0 Å². The molecule has 0 atom stereocenters. The van der Waals surface area contributed by atoms with Crippen molar-refractivity contribution in [2.24, 2.45) is 0 Å². The van der Waals surface area contributed by atoms with E-state index in [0.717, 1.165) is 11.5 Å². The van der Waals surface area contributed by atoms with Crippen LogP contribution in [0.4, 0.5) is 0 Å². The Balaban J connectivity index is 1.83. The fourth-order valence-corrected chi connectivity index (χ4v) is 4.12. The molecule has 0 saturated carbocycles. The molecule has 15 heavy (non-hydrogen) atoms. The van der Waals surface area contributed by atoms with E-state index in [1.54, 1.807) is 0 Å². The number of hydrogen-bond acceptors (Lipinski definition) is 2. The van der Waals surface area contributed by atoms with Gasteiger partial charge in [0.05, 0.1) is 0 Å². The van der Waals surface area contributed by atoms with E-state index in [9.17, 15) is 0 Å². The van der Waals surface area contributed by atoms with Crippen molar-refractivity contribution in [2.75, 3.05) is 0 Å². The molecule has 0 amide bonds. The molecule has 0 aliphatic carbocycles. The molecule has 1 aromatic heterocycles. The molecule has 0 nitrogen and oxygen atoms in total. The second-order valence-electron chi connectivity index (χ2n) is 3.17. The van der Waals surface area contributed by atoms with E-state index in [-0.39, 0.29) is 0 Å². The van der Waals surface area contributed by atoms with Gasteiger partial charge in [0, 0.05) is 20.9 Å². The molecule has 0 fully saturated rings. The van der Waals surface area contributed by atoms with E-state index in [1.807, 2.05) is 23.1 Å². The number of benzene rings is 1. The van der Waals surface area contributed by atoms with Crippen LogP contribution in [0, 0.1) is 0 Å². The fraction of sp³-hybridized carbons (Fsp3) is 0.167. The van der Waals surface area contributed by atoms with Crippen molar-refractivity contribution >= 4 is 39.0 Å². The first kappa shape index (κ1) is 11.2. The van der Waals surface area contributed by atoms with Gasteiger partial charge in [0.1, 0.15) is 0 Å². The summed E-state index contributed by atoms with van der Waals surface area (Å²) in [7, 11) is 0. The van der Waals surface area contributed by atoms with E-state index in [0.29, 0.717) is 0 Å². The van der Waals surface area contributed by atoms with Crippen molar-refractivity contribution in [2.45, 2.75) is 11.5 Å². The molecule has 0 saturated heterocycles. The highest BCUT2D eigenvalue weighted by molar-refractivity contribution is 9.10. The minimum absolute atomic E-state index is 1.09. The van der Waals surface area contributed by atoms with Crippen LogP contribution in [0.1, 0.15) is 10.4 Å². The van der Waals surface area contributed by atoms with E-state index < -0.39 is 0 Å². The van der Waals surface area contributed by atoms with Crippen molar-refractivity contribution in [1.82, 2.24) is 0 Å². The Morgan fingerprint density at radius 2 is 1.87 bits per heavy atom. The molecule has 0 aliphatic heterocycles. The molecule has 3 heteroatoms. The van der Waals surface area contributed by atoms with Crippen LogP contribution in [-0.2, 0) is 11.5 Å². The Kier molecular flexibility index (Phi) is 4.29.